The fraction of sp³-hybridized carbons (Fsp3) is 0.536. The lowest BCUT2D eigenvalue weighted by Gasteiger charge is -2.54. The molecule has 1 saturated carbocycles. The minimum Gasteiger partial charge on any atom is -0.497 e. The Kier molecular flexibility index (Phi) is 6.90. The molecule has 172 valence electrons. The van der Waals surface area contributed by atoms with Crippen molar-refractivity contribution >= 4 is 5.91 Å². The van der Waals surface area contributed by atoms with Crippen molar-refractivity contribution in [1.82, 2.24) is 9.80 Å². The molecule has 32 heavy (non-hydrogen) atoms. The average molecular weight is 435 g/mol. The Labute approximate surface area is 193 Å². The maximum Gasteiger partial charge on any atom is 0.254 e. The number of fused-ring (bicyclic) bond motifs is 1. The second-order valence-corrected chi connectivity index (χ2v) is 10.2. The molecule has 3 unspecified atom stereocenters. The van der Waals surface area contributed by atoms with Gasteiger partial charge >= 0.3 is 0 Å². The Morgan fingerprint density at radius 1 is 1.16 bits per heavy atom. The van der Waals surface area contributed by atoms with Gasteiger partial charge in [-0.15, -0.1) is 0 Å². The molecule has 1 saturated heterocycles. The van der Waals surface area contributed by atoms with Gasteiger partial charge in [-0.2, -0.15) is 0 Å². The summed E-state index contributed by atoms with van der Waals surface area (Å²) < 4.78 is 5.59. The Hall–Kier alpha value is -2.33. The van der Waals surface area contributed by atoms with Gasteiger partial charge in [-0.05, 0) is 80.9 Å². The molecule has 2 aromatic carbocycles. The van der Waals surface area contributed by atoms with Crippen LogP contribution in [0, 0.1) is 11.8 Å². The Morgan fingerprint density at radius 2 is 1.94 bits per heavy atom. The van der Waals surface area contributed by atoms with Crippen molar-refractivity contribution in [2.24, 2.45) is 11.8 Å². The lowest BCUT2D eigenvalue weighted by Crippen LogP contribution is -2.56. The van der Waals surface area contributed by atoms with Crippen LogP contribution >= 0.6 is 0 Å². The highest BCUT2D eigenvalue weighted by molar-refractivity contribution is 5.94. The second-order valence-electron chi connectivity index (χ2n) is 10.2. The summed E-state index contributed by atoms with van der Waals surface area (Å²) in [6.07, 6.45) is 4.40. The van der Waals surface area contributed by atoms with E-state index >= 15 is 0 Å². The number of amides is 1. The molecule has 0 spiro atoms. The molecule has 2 aliphatic rings. The second kappa shape index (κ2) is 9.66. The SMILES string of the molecule is COc1cccc(C23CCN(C)CC2CCC(N(CC(C)C)C(=O)c2ccccc2)C3)c1. The van der Waals surface area contributed by atoms with Crippen molar-refractivity contribution in [3.63, 3.8) is 0 Å². The summed E-state index contributed by atoms with van der Waals surface area (Å²) in [5, 5.41) is 0. The van der Waals surface area contributed by atoms with Crippen LogP contribution in [0.25, 0.3) is 0 Å². The summed E-state index contributed by atoms with van der Waals surface area (Å²) in [7, 11) is 3.99. The number of benzene rings is 2. The van der Waals surface area contributed by atoms with E-state index in [0.717, 1.165) is 56.6 Å². The summed E-state index contributed by atoms with van der Waals surface area (Å²) in [5.74, 6) is 2.15. The van der Waals surface area contributed by atoms with Crippen LogP contribution in [0.2, 0.25) is 0 Å². The Balaban J connectivity index is 1.69. The number of likely N-dealkylation sites (tertiary alicyclic amines) is 1. The van der Waals surface area contributed by atoms with Gasteiger partial charge in [0.2, 0.25) is 0 Å². The fourth-order valence-electron chi connectivity index (χ4n) is 6.02. The van der Waals surface area contributed by atoms with Gasteiger partial charge in [0.1, 0.15) is 5.75 Å². The van der Waals surface area contributed by atoms with E-state index in [1.54, 1.807) is 7.11 Å². The number of hydrogen-bond donors (Lipinski definition) is 0. The molecule has 1 aliphatic carbocycles. The number of hydrogen-bond acceptors (Lipinski definition) is 3. The van der Waals surface area contributed by atoms with E-state index in [2.05, 4.69) is 48.9 Å². The predicted molar refractivity (Wildman–Crippen MR) is 130 cm³/mol. The molecule has 3 atom stereocenters. The Bertz CT molecular complexity index is 913. The largest absolute Gasteiger partial charge is 0.497 e. The summed E-state index contributed by atoms with van der Waals surface area (Å²) in [6.45, 7) is 7.45. The van der Waals surface area contributed by atoms with Crippen molar-refractivity contribution in [1.29, 1.82) is 0 Å². The van der Waals surface area contributed by atoms with Crippen LogP contribution < -0.4 is 4.74 Å². The first-order valence-corrected chi connectivity index (χ1v) is 12.1. The molecule has 4 nitrogen and oxygen atoms in total. The number of ether oxygens (including phenoxy) is 1. The summed E-state index contributed by atoms with van der Waals surface area (Å²) in [4.78, 5) is 18.3. The van der Waals surface area contributed by atoms with Crippen LogP contribution in [-0.2, 0) is 5.41 Å². The molecular weight excluding hydrogens is 396 g/mol. The lowest BCUT2D eigenvalue weighted by molar-refractivity contribution is 0.0170. The first-order chi connectivity index (χ1) is 15.4. The molecule has 0 N–H and O–H groups in total. The normalized spacial score (nSPS) is 25.9. The van der Waals surface area contributed by atoms with Crippen molar-refractivity contribution in [3.05, 3.63) is 65.7 Å². The van der Waals surface area contributed by atoms with Gasteiger partial charge in [0.25, 0.3) is 5.91 Å². The third kappa shape index (κ3) is 4.56. The van der Waals surface area contributed by atoms with E-state index in [4.69, 9.17) is 4.74 Å². The number of carbonyl (C=O) groups is 1. The molecule has 4 heteroatoms. The lowest BCUT2D eigenvalue weighted by atomic mass is 9.57. The number of carbonyl (C=O) groups excluding carboxylic acids is 1. The monoisotopic (exact) mass is 434 g/mol. The number of rotatable bonds is 6. The van der Waals surface area contributed by atoms with Gasteiger partial charge in [-0.3, -0.25) is 4.79 Å². The van der Waals surface area contributed by atoms with Gasteiger partial charge in [0, 0.05) is 30.1 Å². The van der Waals surface area contributed by atoms with Crippen LogP contribution in [0.1, 0.15) is 55.5 Å². The molecule has 2 fully saturated rings. The minimum absolute atomic E-state index is 0.0934. The maximum absolute atomic E-state index is 13.6. The quantitative estimate of drug-likeness (QED) is 0.624. The van der Waals surface area contributed by atoms with Crippen molar-refractivity contribution in [2.45, 2.75) is 51.0 Å². The van der Waals surface area contributed by atoms with Gasteiger partial charge in [-0.1, -0.05) is 44.2 Å². The third-order valence-corrected chi connectivity index (χ3v) is 7.63. The fourth-order valence-corrected chi connectivity index (χ4v) is 6.02. The van der Waals surface area contributed by atoms with Crippen LogP contribution in [0.3, 0.4) is 0 Å². The highest BCUT2D eigenvalue weighted by Gasteiger charge is 2.49. The van der Waals surface area contributed by atoms with E-state index in [0.29, 0.717) is 11.8 Å². The zero-order chi connectivity index (χ0) is 22.7. The van der Waals surface area contributed by atoms with Crippen LogP contribution in [0.5, 0.6) is 5.75 Å². The van der Waals surface area contributed by atoms with Crippen LogP contribution in [0.4, 0.5) is 0 Å². The summed E-state index contributed by atoms with van der Waals surface area (Å²) in [6, 6.07) is 18.8. The van der Waals surface area contributed by atoms with Crippen molar-refractivity contribution < 1.29 is 9.53 Å². The van der Waals surface area contributed by atoms with Gasteiger partial charge < -0.3 is 14.5 Å². The first kappa shape index (κ1) is 22.8. The van der Waals surface area contributed by atoms with Gasteiger partial charge in [0.05, 0.1) is 7.11 Å². The highest BCUT2D eigenvalue weighted by Crippen LogP contribution is 2.50. The summed E-state index contributed by atoms with van der Waals surface area (Å²) in [5.41, 5.74) is 2.28. The van der Waals surface area contributed by atoms with E-state index in [1.165, 1.54) is 5.56 Å². The van der Waals surface area contributed by atoms with Crippen molar-refractivity contribution in [3.8, 4) is 5.75 Å². The van der Waals surface area contributed by atoms with Gasteiger partial charge in [0.15, 0.2) is 0 Å². The first-order valence-electron chi connectivity index (χ1n) is 12.1. The van der Waals surface area contributed by atoms with Crippen LogP contribution in [-0.4, -0.2) is 55.5 Å². The molecule has 1 heterocycles. The predicted octanol–water partition coefficient (Wildman–Crippen LogP) is 5.24. The smallest absolute Gasteiger partial charge is 0.254 e. The zero-order valence-corrected chi connectivity index (χ0v) is 20.1. The molecule has 1 aliphatic heterocycles. The highest BCUT2D eigenvalue weighted by atomic mass is 16.5. The molecule has 4 rings (SSSR count). The average Bonchev–Trinajstić information content (AvgIpc) is 2.82. The van der Waals surface area contributed by atoms with Crippen LogP contribution in [0.15, 0.2) is 54.6 Å². The molecular formula is C28H38N2O2. The number of piperidine rings is 1. The number of methoxy groups -OCH3 is 1. The standard InChI is InChI=1S/C28H38N2O2/c1-21(2)19-30(27(31)22-9-6-5-7-10-22)25-14-13-24-20-29(3)16-15-28(24,18-25)23-11-8-12-26(17-23)32-4/h5-12,17,21,24-25H,13-16,18-20H2,1-4H3. The topological polar surface area (TPSA) is 32.8 Å². The maximum atomic E-state index is 13.6. The minimum atomic E-state index is 0.0934. The zero-order valence-electron chi connectivity index (χ0n) is 20.1. The van der Waals surface area contributed by atoms with E-state index in [9.17, 15) is 4.79 Å². The third-order valence-electron chi connectivity index (χ3n) is 7.63. The summed E-state index contributed by atoms with van der Waals surface area (Å²) >= 11 is 0. The molecule has 0 aromatic heterocycles. The van der Waals surface area contributed by atoms with Gasteiger partial charge in [-0.25, -0.2) is 0 Å². The Morgan fingerprint density at radius 3 is 2.66 bits per heavy atom. The van der Waals surface area contributed by atoms with E-state index < -0.39 is 0 Å². The van der Waals surface area contributed by atoms with E-state index in [1.807, 2.05) is 36.4 Å². The molecule has 0 radical (unpaired) electrons. The van der Waals surface area contributed by atoms with Crippen molar-refractivity contribution in [2.75, 3.05) is 33.8 Å². The number of nitrogens with zero attached hydrogens (tertiary/aromatic N) is 2. The van der Waals surface area contributed by atoms with E-state index in [-0.39, 0.29) is 17.4 Å². The molecule has 2 aromatic rings. The molecule has 0 bridgehead atoms. The molecule has 1 amide bonds.